The second kappa shape index (κ2) is 7.44. The molecule has 2 nitrogen and oxygen atoms in total. The number of likely N-dealkylation sites (tertiary alicyclic amines) is 1. The van der Waals surface area contributed by atoms with Crippen LogP contribution in [0.15, 0.2) is 0 Å². The van der Waals surface area contributed by atoms with Crippen LogP contribution in [0, 0.1) is 17.8 Å². The molecular weight excluding hydrogens is 174 g/mol. The smallest absolute Gasteiger partial charge is 0.219 e. The molecule has 0 unspecified atom stereocenters. The van der Waals surface area contributed by atoms with E-state index in [1.807, 2.05) is 25.7 Å². The quantitative estimate of drug-likeness (QED) is 0.543. The first-order chi connectivity index (χ1) is 6.74. The molecule has 1 heterocycles. The van der Waals surface area contributed by atoms with E-state index in [0.29, 0.717) is 5.92 Å². The fourth-order valence-corrected chi connectivity index (χ4v) is 1.54. The molecule has 0 saturated carbocycles. The lowest BCUT2D eigenvalue weighted by Gasteiger charge is -2.28. The standard InChI is InChI=1S/C10H15NO.C2H6/c1-3-4-10-5-7-11(8-6-10)9(2)12;1-2/h10H,5-8H2,1-2H3;1-2H3. The fraction of sp³-hybridized carbons (Fsp3) is 0.750. The normalized spacial score (nSPS) is 16.1. The Morgan fingerprint density at radius 1 is 1.29 bits per heavy atom. The van der Waals surface area contributed by atoms with Crippen molar-refractivity contribution < 1.29 is 4.79 Å². The van der Waals surface area contributed by atoms with E-state index in [0.717, 1.165) is 25.9 Å². The van der Waals surface area contributed by atoms with Crippen molar-refractivity contribution in [3.8, 4) is 11.8 Å². The van der Waals surface area contributed by atoms with Crippen LogP contribution < -0.4 is 0 Å². The maximum absolute atomic E-state index is 11.0. The van der Waals surface area contributed by atoms with Crippen LogP contribution in [0.5, 0.6) is 0 Å². The first-order valence-electron chi connectivity index (χ1n) is 5.42. The third-order valence-electron chi connectivity index (χ3n) is 2.29. The van der Waals surface area contributed by atoms with E-state index in [4.69, 9.17) is 0 Å². The second-order valence-electron chi connectivity index (χ2n) is 3.17. The molecule has 0 radical (unpaired) electrons. The van der Waals surface area contributed by atoms with Crippen LogP contribution in [-0.4, -0.2) is 23.9 Å². The second-order valence-corrected chi connectivity index (χ2v) is 3.17. The molecule has 0 N–H and O–H groups in total. The van der Waals surface area contributed by atoms with Crippen molar-refractivity contribution in [1.29, 1.82) is 0 Å². The number of nitrogens with zero attached hydrogens (tertiary/aromatic N) is 1. The molecular formula is C12H21NO. The molecule has 1 saturated heterocycles. The van der Waals surface area contributed by atoms with Gasteiger partial charge < -0.3 is 4.90 Å². The summed E-state index contributed by atoms with van der Waals surface area (Å²) in [6.45, 7) is 9.27. The SMILES string of the molecule is CC.CC#CC1CCN(C(C)=O)CC1. The molecule has 0 aromatic carbocycles. The summed E-state index contributed by atoms with van der Waals surface area (Å²) in [5, 5.41) is 0. The zero-order valence-electron chi connectivity index (χ0n) is 9.76. The van der Waals surface area contributed by atoms with Gasteiger partial charge in [0.05, 0.1) is 0 Å². The Morgan fingerprint density at radius 2 is 1.79 bits per heavy atom. The maximum atomic E-state index is 11.0. The Bertz CT molecular complexity index is 216. The van der Waals surface area contributed by atoms with E-state index in [2.05, 4.69) is 11.8 Å². The van der Waals surface area contributed by atoms with Gasteiger partial charge in [-0.2, -0.15) is 0 Å². The Balaban J connectivity index is 0.000000791. The number of hydrogen-bond acceptors (Lipinski definition) is 1. The minimum atomic E-state index is 0.193. The number of hydrogen-bond donors (Lipinski definition) is 0. The summed E-state index contributed by atoms with van der Waals surface area (Å²) >= 11 is 0. The zero-order valence-corrected chi connectivity index (χ0v) is 9.76. The number of rotatable bonds is 0. The molecule has 80 valence electrons. The van der Waals surface area contributed by atoms with Gasteiger partial charge in [-0.25, -0.2) is 0 Å². The fourth-order valence-electron chi connectivity index (χ4n) is 1.54. The summed E-state index contributed by atoms with van der Waals surface area (Å²) in [4.78, 5) is 12.8. The summed E-state index contributed by atoms with van der Waals surface area (Å²) in [7, 11) is 0. The molecule has 0 atom stereocenters. The molecule has 1 amide bonds. The van der Waals surface area contributed by atoms with Gasteiger partial charge in [-0.05, 0) is 19.8 Å². The average molecular weight is 195 g/mol. The van der Waals surface area contributed by atoms with Crippen molar-refractivity contribution in [1.82, 2.24) is 4.90 Å². The lowest BCUT2D eigenvalue weighted by molar-refractivity contribution is -0.129. The molecule has 0 aromatic heterocycles. The summed E-state index contributed by atoms with van der Waals surface area (Å²) in [5.41, 5.74) is 0. The predicted molar refractivity (Wildman–Crippen MR) is 59.8 cm³/mol. The van der Waals surface area contributed by atoms with Crippen LogP contribution in [-0.2, 0) is 4.79 Å². The van der Waals surface area contributed by atoms with Gasteiger partial charge in [-0.3, -0.25) is 4.79 Å². The molecule has 1 fully saturated rings. The highest BCUT2D eigenvalue weighted by molar-refractivity contribution is 5.73. The summed E-state index contributed by atoms with van der Waals surface area (Å²) in [5.74, 6) is 6.80. The topological polar surface area (TPSA) is 20.3 Å². The van der Waals surface area contributed by atoms with E-state index in [1.54, 1.807) is 6.92 Å². The van der Waals surface area contributed by atoms with Gasteiger partial charge in [0, 0.05) is 25.9 Å². The van der Waals surface area contributed by atoms with Crippen molar-refractivity contribution in [3.63, 3.8) is 0 Å². The molecule has 0 bridgehead atoms. The van der Waals surface area contributed by atoms with Crippen molar-refractivity contribution in [2.45, 2.75) is 40.5 Å². The van der Waals surface area contributed by atoms with Gasteiger partial charge >= 0.3 is 0 Å². The first-order valence-corrected chi connectivity index (χ1v) is 5.42. The molecule has 1 aliphatic rings. The summed E-state index contributed by atoms with van der Waals surface area (Å²) < 4.78 is 0. The van der Waals surface area contributed by atoms with E-state index >= 15 is 0 Å². The predicted octanol–water partition coefficient (Wildman–Crippen LogP) is 2.29. The van der Waals surface area contributed by atoms with Crippen LogP contribution >= 0.6 is 0 Å². The van der Waals surface area contributed by atoms with E-state index < -0.39 is 0 Å². The molecule has 0 aliphatic carbocycles. The van der Waals surface area contributed by atoms with Gasteiger partial charge in [0.15, 0.2) is 0 Å². The minimum Gasteiger partial charge on any atom is -0.343 e. The molecule has 1 aliphatic heterocycles. The van der Waals surface area contributed by atoms with Gasteiger partial charge in [-0.15, -0.1) is 11.8 Å². The average Bonchev–Trinajstić information content (AvgIpc) is 2.22. The highest BCUT2D eigenvalue weighted by atomic mass is 16.2. The van der Waals surface area contributed by atoms with Crippen LogP contribution in [0.3, 0.4) is 0 Å². The third-order valence-corrected chi connectivity index (χ3v) is 2.29. The van der Waals surface area contributed by atoms with Gasteiger partial charge in [-0.1, -0.05) is 13.8 Å². The van der Waals surface area contributed by atoms with Crippen LogP contribution in [0.4, 0.5) is 0 Å². The number of piperidine rings is 1. The molecule has 0 spiro atoms. The van der Waals surface area contributed by atoms with E-state index in [-0.39, 0.29) is 5.91 Å². The Kier molecular flexibility index (Phi) is 6.92. The van der Waals surface area contributed by atoms with Gasteiger partial charge in [0.2, 0.25) is 5.91 Å². The Hall–Kier alpha value is -0.970. The summed E-state index contributed by atoms with van der Waals surface area (Å²) in [6, 6.07) is 0. The first kappa shape index (κ1) is 13.0. The van der Waals surface area contributed by atoms with Crippen LogP contribution in [0.2, 0.25) is 0 Å². The number of carbonyl (C=O) groups is 1. The van der Waals surface area contributed by atoms with Crippen molar-refractivity contribution in [2.75, 3.05) is 13.1 Å². The lowest BCUT2D eigenvalue weighted by atomic mass is 9.97. The van der Waals surface area contributed by atoms with Crippen LogP contribution in [0.1, 0.15) is 40.5 Å². The van der Waals surface area contributed by atoms with Crippen molar-refractivity contribution in [3.05, 3.63) is 0 Å². The number of carbonyl (C=O) groups excluding carboxylic acids is 1. The van der Waals surface area contributed by atoms with Gasteiger partial charge in [0.1, 0.15) is 0 Å². The summed E-state index contributed by atoms with van der Waals surface area (Å²) in [6.07, 6.45) is 2.08. The largest absolute Gasteiger partial charge is 0.343 e. The lowest BCUT2D eigenvalue weighted by Crippen LogP contribution is -2.36. The molecule has 0 aromatic rings. The molecule has 1 rings (SSSR count). The monoisotopic (exact) mass is 195 g/mol. The Labute approximate surface area is 87.7 Å². The van der Waals surface area contributed by atoms with Gasteiger partial charge in [0.25, 0.3) is 0 Å². The van der Waals surface area contributed by atoms with E-state index in [1.165, 1.54) is 0 Å². The van der Waals surface area contributed by atoms with Crippen molar-refractivity contribution >= 4 is 5.91 Å². The van der Waals surface area contributed by atoms with Crippen LogP contribution in [0.25, 0.3) is 0 Å². The highest BCUT2D eigenvalue weighted by Gasteiger charge is 2.18. The zero-order chi connectivity index (χ0) is 11.0. The molecule has 14 heavy (non-hydrogen) atoms. The Morgan fingerprint density at radius 3 is 2.14 bits per heavy atom. The third kappa shape index (κ3) is 4.32. The highest BCUT2D eigenvalue weighted by Crippen LogP contribution is 2.15. The van der Waals surface area contributed by atoms with E-state index in [9.17, 15) is 4.79 Å². The van der Waals surface area contributed by atoms with Crippen molar-refractivity contribution in [2.24, 2.45) is 5.92 Å². The minimum absolute atomic E-state index is 0.193. The molecule has 2 heteroatoms. The maximum Gasteiger partial charge on any atom is 0.219 e. The number of amides is 1.